The van der Waals surface area contributed by atoms with E-state index in [1.54, 1.807) is 7.11 Å². The Kier molecular flexibility index (Phi) is 4.90. The van der Waals surface area contributed by atoms with Crippen molar-refractivity contribution in [1.29, 1.82) is 0 Å². The van der Waals surface area contributed by atoms with Crippen LogP contribution in [-0.2, 0) is 14.3 Å². The first kappa shape index (κ1) is 11.5. The molecule has 1 saturated carbocycles. The van der Waals surface area contributed by atoms with Crippen molar-refractivity contribution in [2.75, 3.05) is 13.7 Å². The molecule has 0 aliphatic heterocycles. The number of nitrogens with two attached hydrogens (primary N) is 1. The minimum absolute atomic E-state index is 0.244. The molecule has 0 aromatic rings. The molecule has 4 heteroatoms. The van der Waals surface area contributed by atoms with Crippen molar-refractivity contribution in [3.63, 3.8) is 0 Å². The molecule has 0 heterocycles. The SMILES string of the molecule is COC1CCCC(OCCC(N)=O)C1. The smallest absolute Gasteiger partial charge is 0.219 e. The minimum atomic E-state index is -0.302. The quantitative estimate of drug-likeness (QED) is 0.716. The lowest BCUT2D eigenvalue weighted by Gasteiger charge is -2.28. The van der Waals surface area contributed by atoms with E-state index in [-0.39, 0.29) is 12.0 Å². The van der Waals surface area contributed by atoms with Gasteiger partial charge in [0.25, 0.3) is 0 Å². The Morgan fingerprint density at radius 3 is 2.79 bits per heavy atom. The second kappa shape index (κ2) is 5.98. The Labute approximate surface area is 84.7 Å². The van der Waals surface area contributed by atoms with E-state index in [1.807, 2.05) is 0 Å². The topological polar surface area (TPSA) is 61.6 Å². The van der Waals surface area contributed by atoms with E-state index in [0.29, 0.717) is 19.1 Å². The van der Waals surface area contributed by atoms with E-state index in [2.05, 4.69) is 0 Å². The second-order valence-electron chi connectivity index (χ2n) is 3.73. The third kappa shape index (κ3) is 4.07. The van der Waals surface area contributed by atoms with Gasteiger partial charge in [0.15, 0.2) is 0 Å². The Morgan fingerprint density at radius 1 is 1.43 bits per heavy atom. The molecule has 0 saturated heterocycles. The number of amides is 1. The first-order valence-electron chi connectivity index (χ1n) is 5.15. The summed E-state index contributed by atoms with van der Waals surface area (Å²) in [7, 11) is 1.73. The number of methoxy groups -OCH3 is 1. The Bertz CT molecular complexity index is 184. The summed E-state index contributed by atoms with van der Waals surface area (Å²) in [6.07, 6.45) is 5.14. The molecule has 14 heavy (non-hydrogen) atoms. The van der Waals surface area contributed by atoms with E-state index in [4.69, 9.17) is 15.2 Å². The summed E-state index contributed by atoms with van der Waals surface area (Å²) in [4.78, 5) is 10.5. The number of carbonyl (C=O) groups is 1. The van der Waals surface area contributed by atoms with Crippen molar-refractivity contribution in [2.24, 2.45) is 5.73 Å². The number of primary amides is 1. The van der Waals surface area contributed by atoms with Gasteiger partial charge < -0.3 is 15.2 Å². The van der Waals surface area contributed by atoms with Gasteiger partial charge in [0.2, 0.25) is 5.91 Å². The van der Waals surface area contributed by atoms with Gasteiger partial charge in [0, 0.05) is 13.5 Å². The van der Waals surface area contributed by atoms with Gasteiger partial charge in [-0.2, -0.15) is 0 Å². The fourth-order valence-corrected chi connectivity index (χ4v) is 1.79. The van der Waals surface area contributed by atoms with Crippen LogP contribution >= 0.6 is 0 Å². The number of hydrogen-bond acceptors (Lipinski definition) is 3. The summed E-state index contributed by atoms with van der Waals surface area (Å²) < 4.78 is 10.8. The zero-order valence-corrected chi connectivity index (χ0v) is 8.70. The largest absolute Gasteiger partial charge is 0.381 e. The predicted octanol–water partition coefficient (Wildman–Crippen LogP) is 0.836. The lowest BCUT2D eigenvalue weighted by atomic mass is 9.95. The normalized spacial score (nSPS) is 27.5. The average molecular weight is 201 g/mol. The highest BCUT2D eigenvalue weighted by atomic mass is 16.5. The number of ether oxygens (including phenoxy) is 2. The van der Waals surface area contributed by atoms with E-state index < -0.39 is 0 Å². The molecule has 2 N–H and O–H groups in total. The first-order valence-corrected chi connectivity index (χ1v) is 5.15. The van der Waals surface area contributed by atoms with Gasteiger partial charge in [-0.05, 0) is 25.7 Å². The van der Waals surface area contributed by atoms with Crippen LogP contribution in [0, 0.1) is 0 Å². The van der Waals surface area contributed by atoms with Crippen LogP contribution in [0.2, 0.25) is 0 Å². The van der Waals surface area contributed by atoms with Crippen molar-refractivity contribution >= 4 is 5.91 Å². The minimum Gasteiger partial charge on any atom is -0.381 e. The van der Waals surface area contributed by atoms with Crippen LogP contribution < -0.4 is 5.73 Å². The molecule has 1 aliphatic rings. The molecule has 0 bridgehead atoms. The van der Waals surface area contributed by atoms with E-state index in [1.165, 1.54) is 0 Å². The van der Waals surface area contributed by atoms with E-state index in [9.17, 15) is 4.79 Å². The van der Waals surface area contributed by atoms with Crippen LogP contribution in [0.15, 0.2) is 0 Å². The third-order valence-electron chi connectivity index (χ3n) is 2.61. The second-order valence-corrected chi connectivity index (χ2v) is 3.73. The van der Waals surface area contributed by atoms with Crippen molar-refractivity contribution in [2.45, 2.75) is 44.3 Å². The fraction of sp³-hybridized carbons (Fsp3) is 0.900. The van der Waals surface area contributed by atoms with Crippen LogP contribution in [0.4, 0.5) is 0 Å². The molecule has 0 aromatic heterocycles. The first-order chi connectivity index (χ1) is 6.72. The maximum Gasteiger partial charge on any atom is 0.219 e. The third-order valence-corrected chi connectivity index (χ3v) is 2.61. The van der Waals surface area contributed by atoms with Crippen molar-refractivity contribution in [3.05, 3.63) is 0 Å². The molecular formula is C10H19NO3. The Balaban J connectivity index is 2.14. The van der Waals surface area contributed by atoms with Gasteiger partial charge in [-0.3, -0.25) is 4.79 Å². The van der Waals surface area contributed by atoms with Crippen LogP contribution in [0.5, 0.6) is 0 Å². The molecule has 4 nitrogen and oxygen atoms in total. The molecule has 1 aliphatic carbocycles. The molecule has 2 atom stereocenters. The molecule has 0 aromatic carbocycles. The molecule has 1 fully saturated rings. The summed E-state index contributed by atoms with van der Waals surface area (Å²) in [5.41, 5.74) is 5.02. The highest BCUT2D eigenvalue weighted by Crippen LogP contribution is 2.22. The van der Waals surface area contributed by atoms with Gasteiger partial charge in [0.05, 0.1) is 18.8 Å². The number of hydrogen-bond donors (Lipinski definition) is 1. The number of rotatable bonds is 5. The maximum absolute atomic E-state index is 10.5. The van der Waals surface area contributed by atoms with Crippen LogP contribution in [0.3, 0.4) is 0 Å². The standard InChI is InChI=1S/C10H19NO3/c1-13-8-3-2-4-9(7-8)14-6-5-10(11)12/h8-9H,2-7H2,1H3,(H2,11,12). The lowest BCUT2D eigenvalue weighted by molar-refractivity contribution is -0.120. The van der Waals surface area contributed by atoms with Crippen LogP contribution in [0.1, 0.15) is 32.1 Å². The zero-order valence-electron chi connectivity index (χ0n) is 8.70. The van der Waals surface area contributed by atoms with E-state index in [0.717, 1.165) is 25.7 Å². The van der Waals surface area contributed by atoms with Gasteiger partial charge in [0.1, 0.15) is 0 Å². The summed E-state index contributed by atoms with van der Waals surface area (Å²) in [5.74, 6) is -0.302. The highest BCUT2D eigenvalue weighted by Gasteiger charge is 2.21. The van der Waals surface area contributed by atoms with Crippen molar-refractivity contribution in [1.82, 2.24) is 0 Å². The molecule has 1 rings (SSSR count). The monoisotopic (exact) mass is 201 g/mol. The van der Waals surface area contributed by atoms with E-state index >= 15 is 0 Å². The van der Waals surface area contributed by atoms with Gasteiger partial charge in [-0.1, -0.05) is 0 Å². The van der Waals surface area contributed by atoms with Crippen LogP contribution in [-0.4, -0.2) is 31.8 Å². The number of carbonyl (C=O) groups excluding carboxylic acids is 1. The van der Waals surface area contributed by atoms with Gasteiger partial charge >= 0.3 is 0 Å². The molecular weight excluding hydrogens is 182 g/mol. The van der Waals surface area contributed by atoms with Gasteiger partial charge in [-0.15, -0.1) is 0 Å². The zero-order chi connectivity index (χ0) is 10.4. The summed E-state index contributed by atoms with van der Waals surface area (Å²) >= 11 is 0. The summed E-state index contributed by atoms with van der Waals surface area (Å²) in [5, 5.41) is 0. The molecule has 1 amide bonds. The highest BCUT2D eigenvalue weighted by molar-refractivity contribution is 5.73. The molecule has 2 unspecified atom stereocenters. The summed E-state index contributed by atoms with van der Waals surface area (Å²) in [6.45, 7) is 0.441. The molecule has 0 spiro atoms. The van der Waals surface area contributed by atoms with Crippen molar-refractivity contribution in [3.8, 4) is 0 Å². The van der Waals surface area contributed by atoms with Crippen molar-refractivity contribution < 1.29 is 14.3 Å². The molecule has 82 valence electrons. The predicted molar refractivity (Wildman–Crippen MR) is 52.8 cm³/mol. The Morgan fingerprint density at radius 2 is 2.14 bits per heavy atom. The average Bonchev–Trinajstić information content (AvgIpc) is 2.18. The summed E-state index contributed by atoms with van der Waals surface area (Å²) in [6, 6.07) is 0. The van der Waals surface area contributed by atoms with Gasteiger partial charge in [-0.25, -0.2) is 0 Å². The van der Waals surface area contributed by atoms with Crippen LogP contribution in [0.25, 0.3) is 0 Å². The Hall–Kier alpha value is -0.610. The fourth-order valence-electron chi connectivity index (χ4n) is 1.79. The maximum atomic E-state index is 10.5. The lowest BCUT2D eigenvalue weighted by Crippen LogP contribution is -2.28. The molecule has 0 radical (unpaired) electrons.